The van der Waals surface area contributed by atoms with Crippen LogP contribution in [-0.4, -0.2) is 5.54 Å². The smallest absolute Gasteiger partial charge is 0.0462 e. The molecule has 2 rings (SSSR count). The van der Waals surface area contributed by atoms with Crippen molar-refractivity contribution in [1.82, 2.24) is 5.32 Å². The fraction of sp³-hybridized carbons (Fsp3) is 0.538. The van der Waals surface area contributed by atoms with Gasteiger partial charge in [-0.15, -0.1) is 0 Å². The van der Waals surface area contributed by atoms with E-state index in [1.54, 1.807) is 0 Å². The minimum absolute atomic E-state index is 0.385. The Labute approximate surface area is 111 Å². The zero-order chi connectivity index (χ0) is 11.6. The average molecular weight is 303 g/mol. The Kier molecular flexibility index (Phi) is 3.93. The highest BCUT2D eigenvalue weighted by molar-refractivity contribution is 9.10. The molecule has 0 saturated heterocycles. The van der Waals surface area contributed by atoms with Crippen LogP contribution in [0.4, 0.5) is 0 Å². The minimum Gasteiger partial charge on any atom is -0.307 e. The van der Waals surface area contributed by atoms with Gasteiger partial charge in [0.2, 0.25) is 0 Å². The zero-order valence-corrected chi connectivity index (χ0v) is 11.9. The fourth-order valence-corrected chi connectivity index (χ4v) is 2.95. The molecule has 0 amide bonds. The predicted molar refractivity (Wildman–Crippen MR) is 72.9 cm³/mol. The quantitative estimate of drug-likeness (QED) is 0.862. The van der Waals surface area contributed by atoms with Crippen molar-refractivity contribution in [1.29, 1.82) is 0 Å². The molecule has 1 aliphatic rings. The van der Waals surface area contributed by atoms with Crippen LogP contribution in [0.3, 0.4) is 0 Å². The monoisotopic (exact) mass is 301 g/mol. The molecule has 0 radical (unpaired) electrons. The molecule has 88 valence electrons. The molecular weight excluding hydrogens is 286 g/mol. The van der Waals surface area contributed by atoms with Crippen molar-refractivity contribution in [3.63, 3.8) is 0 Å². The first-order valence-corrected chi connectivity index (χ1v) is 7.01. The van der Waals surface area contributed by atoms with Gasteiger partial charge in [-0.3, -0.25) is 0 Å². The van der Waals surface area contributed by atoms with Crippen LogP contribution >= 0.6 is 27.5 Å². The molecule has 1 aromatic rings. The highest BCUT2D eigenvalue weighted by Crippen LogP contribution is 2.35. The standard InChI is InChI=1S/C13H17BrClN/c1-2-13(6-3-7-13)16-9-10-4-5-11(14)8-12(10)15/h4-5,8,16H,2-3,6-7,9H2,1H3. The van der Waals surface area contributed by atoms with E-state index in [0.717, 1.165) is 16.0 Å². The van der Waals surface area contributed by atoms with Gasteiger partial charge in [0.25, 0.3) is 0 Å². The van der Waals surface area contributed by atoms with Crippen LogP contribution in [-0.2, 0) is 6.54 Å². The molecule has 0 aliphatic heterocycles. The number of benzene rings is 1. The van der Waals surface area contributed by atoms with Crippen molar-refractivity contribution in [3.8, 4) is 0 Å². The van der Waals surface area contributed by atoms with Gasteiger partial charge >= 0.3 is 0 Å². The number of rotatable bonds is 4. The third-order valence-corrected chi connectivity index (χ3v) is 4.50. The SMILES string of the molecule is CCC1(NCc2ccc(Br)cc2Cl)CCC1. The normalized spacial score (nSPS) is 18.2. The van der Waals surface area contributed by atoms with Gasteiger partial charge in [-0.05, 0) is 43.4 Å². The van der Waals surface area contributed by atoms with E-state index in [1.807, 2.05) is 12.1 Å². The summed E-state index contributed by atoms with van der Waals surface area (Å²) in [6.45, 7) is 3.13. The van der Waals surface area contributed by atoms with Crippen LogP contribution in [0.25, 0.3) is 0 Å². The molecular formula is C13H17BrClN. The van der Waals surface area contributed by atoms with Crippen molar-refractivity contribution < 1.29 is 0 Å². The van der Waals surface area contributed by atoms with Gasteiger partial charge in [0.15, 0.2) is 0 Å². The lowest BCUT2D eigenvalue weighted by atomic mass is 9.75. The highest BCUT2D eigenvalue weighted by Gasteiger charge is 2.34. The van der Waals surface area contributed by atoms with Crippen LogP contribution in [0.2, 0.25) is 5.02 Å². The summed E-state index contributed by atoms with van der Waals surface area (Å²) in [5, 5.41) is 4.50. The molecule has 16 heavy (non-hydrogen) atoms. The summed E-state index contributed by atoms with van der Waals surface area (Å²) in [6, 6.07) is 6.09. The van der Waals surface area contributed by atoms with Crippen LogP contribution in [0, 0.1) is 0 Å². The van der Waals surface area contributed by atoms with Gasteiger partial charge in [-0.1, -0.05) is 40.5 Å². The maximum absolute atomic E-state index is 6.19. The van der Waals surface area contributed by atoms with E-state index >= 15 is 0 Å². The Morgan fingerprint density at radius 2 is 2.19 bits per heavy atom. The minimum atomic E-state index is 0.385. The Hall–Kier alpha value is -0.0500. The molecule has 0 unspecified atom stereocenters. The summed E-state index contributed by atoms with van der Waals surface area (Å²) >= 11 is 9.61. The van der Waals surface area contributed by atoms with E-state index in [1.165, 1.54) is 31.2 Å². The fourth-order valence-electron chi connectivity index (χ4n) is 2.21. The van der Waals surface area contributed by atoms with Crippen molar-refractivity contribution in [3.05, 3.63) is 33.3 Å². The third kappa shape index (κ3) is 2.61. The third-order valence-electron chi connectivity index (χ3n) is 3.66. The van der Waals surface area contributed by atoms with Crippen LogP contribution in [0.1, 0.15) is 38.2 Å². The van der Waals surface area contributed by atoms with E-state index in [0.29, 0.717) is 5.54 Å². The van der Waals surface area contributed by atoms with E-state index in [4.69, 9.17) is 11.6 Å². The Bertz CT molecular complexity index is 369. The Morgan fingerprint density at radius 3 is 2.69 bits per heavy atom. The second-order valence-corrected chi connectivity index (χ2v) is 5.90. The van der Waals surface area contributed by atoms with Gasteiger partial charge in [0, 0.05) is 21.6 Å². The molecule has 1 aliphatic carbocycles. The molecule has 1 nitrogen and oxygen atoms in total. The van der Waals surface area contributed by atoms with Gasteiger partial charge < -0.3 is 5.32 Å². The maximum Gasteiger partial charge on any atom is 0.0462 e. The summed E-state index contributed by atoms with van der Waals surface area (Å²) in [6.07, 6.45) is 5.17. The molecule has 0 heterocycles. The molecule has 0 bridgehead atoms. The van der Waals surface area contributed by atoms with Gasteiger partial charge in [0.05, 0.1) is 0 Å². The van der Waals surface area contributed by atoms with Gasteiger partial charge in [-0.25, -0.2) is 0 Å². The Balaban J connectivity index is 1.99. The van der Waals surface area contributed by atoms with E-state index in [9.17, 15) is 0 Å². The molecule has 3 heteroatoms. The van der Waals surface area contributed by atoms with Crippen LogP contribution in [0.5, 0.6) is 0 Å². The molecule has 1 saturated carbocycles. The van der Waals surface area contributed by atoms with Crippen molar-refractivity contribution in [2.45, 2.75) is 44.7 Å². The lowest BCUT2D eigenvalue weighted by Crippen LogP contribution is -2.49. The molecule has 0 aromatic heterocycles. The van der Waals surface area contributed by atoms with Crippen LogP contribution < -0.4 is 5.32 Å². The van der Waals surface area contributed by atoms with Crippen LogP contribution in [0.15, 0.2) is 22.7 Å². The van der Waals surface area contributed by atoms with E-state index < -0.39 is 0 Å². The zero-order valence-electron chi connectivity index (χ0n) is 9.52. The first-order chi connectivity index (χ1) is 7.65. The second kappa shape index (κ2) is 5.07. The maximum atomic E-state index is 6.19. The summed E-state index contributed by atoms with van der Waals surface area (Å²) in [5.74, 6) is 0. The van der Waals surface area contributed by atoms with E-state index in [-0.39, 0.29) is 0 Å². The average Bonchev–Trinajstić information content (AvgIpc) is 2.19. The van der Waals surface area contributed by atoms with E-state index in [2.05, 4.69) is 34.2 Å². The van der Waals surface area contributed by atoms with Gasteiger partial charge in [-0.2, -0.15) is 0 Å². The molecule has 1 fully saturated rings. The number of halogens is 2. The lowest BCUT2D eigenvalue weighted by molar-refractivity contribution is 0.175. The first kappa shape index (κ1) is 12.4. The summed E-state index contributed by atoms with van der Waals surface area (Å²) in [5.41, 5.74) is 1.57. The largest absolute Gasteiger partial charge is 0.307 e. The molecule has 0 atom stereocenters. The van der Waals surface area contributed by atoms with Crippen molar-refractivity contribution in [2.75, 3.05) is 0 Å². The number of hydrogen-bond donors (Lipinski definition) is 1. The summed E-state index contributed by atoms with van der Waals surface area (Å²) in [4.78, 5) is 0. The number of hydrogen-bond acceptors (Lipinski definition) is 1. The lowest BCUT2D eigenvalue weighted by Gasteiger charge is -2.42. The van der Waals surface area contributed by atoms with Gasteiger partial charge in [0.1, 0.15) is 0 Å². The topological polar surface area (TPSA) is 12.0 Å². The predicted octanol–water partition coefficient (Wildman–Crippen LogP) is 4.52. The Morgan fingerprint density at radius 1 is 1.44 bits per heavy atom. The molecule has 1 aromatic carbocycles. The molecule has 1 N–H and O–H groups in total. The summed E-state index contributed by atoms with van der Waals surface area (Å²) in [7, 11) is 0. The highest BCUT2D eigenvalue weighted by atomic mass is 79.9. The van der Waals surface area contributed by atoms with Crippen molar-refractivity contribution in [2.24, 2.45) is 0 Å². The van der Waals surface area contributed by atoms with Crippen molar-refractivity contribution >= 4 is 27.5 Å². The second-order valence-electron chi connectivity index (χ2n) is 4.58. The molecule has 0 spiro atoms. The summed E-state index contributed by atoms with van der Waals surface area (Å²) < 4.78 is 1.04. The first-order valence-electron chi connectivity index (χ1n) is 5.84. The number of nitrogens with one attached hydrogen (secondary N) is 1.